The van der Waals surface area contributed by atoms with Crippen LogP contribution in [0.1, 0.15) is 56.1 Å². The average molecular weight is 581 g/mol. The Kier molecular flexibility index (Phi) is 9.28. The highest BCUT2D eigenvalue weighted by atomic mass is 28.4. The molecule has 0 radical (unpaired) electrons. The maximum Gasteiger partial charge on any atom is 0.410 e. The first-order valence-corrected chi connectivity index (χ1v) is 16.9. The summed E-state index contributed by atoms with van der Waals surface area (Å²) in [4.78, 5) is 48.9. The summed E-state index contributed by atoms with van der Waals surface area (Å²) in [6, 6.07) is 10.6. The highest BCUT2D eigenvalue weighted by Crippen LogP contribution is 2.39. The number of fused-ring (bicyclic) bond motifs is 1. The van der Waals surface area contributed by atoms with E-state index >= 15 is 0 Å². The molecular weight excluding hydrogens is 540 g/mol. The Hall–Kier alpha value is -3.57. The van der Waals surface area contributed by atoms with Crippen molar-refractivity contribution in [3.8, 4) is 0 Å². The van der Waals surface area contributed by atoms with Gasteiger partial charge in [0.1, 0.15) is 6.61 Å². The van der Waals surface area contributed by atoms with Crippen LogP contribution in [0.5, 0.6) is 0 Å². The van der Waals surface area contributed by atoms with Crippen molar-refractivity contribution in [3.05, 3.63) is 60.2 Å². The number of hydrogen-bond acceptors (Lipinski definition) is 8. The quantitative estimate of drug-likeness (QED) is 0.245. The van der Waals surface area contributed by atoms with Gasteiger partial charge in [-0.2, -0.15) is 0 Å². The van der Waals surface area contributed by atoms with Crippen LogP contribution in [0.4, 0.5) is 4.79 Å². The lowest BCUT2D eigenvalue weighted by Gasteiger charge is -2.46. The third-order valence-electron chi connectivity index (χ3n) is 8.09. The van der Waals surface area contributed by atoms with E-state index < -0.39 is 26.4 Å². The highest BCUT2D eigenvalue weighted by molar-refractivity contribution is 6.74. The number of hydrogen-bond donors (Lipinski definition) is 0. The molecule has 1 aliphatic rings. The summed E-state index contributed by atoms with van der Waals surface area (Å²) in [6.07, 6.45) is 4.00. The Balaban J connectivity index is 1.54. The second-order valence-corrected chi connectivity index (χ2v) is 16.8. The zero-order valence-electron chi connectivity index (χ0n) is 24.8. The number of ketones is 1. The number of imidazole rings is 1. The first-order valence-electron chi connectivity index (χ1n) is 14.0. The van der Waals surface area contributed by atoms with Crippen molar-refractivity contribution in [1.29, 1.82) is 0 Å². The summed E-state index contributed by atoms with van der Waals surface area (Å²) in [5, 5.41) is -0.0244. The van der Waals surface area contributed by atoms with Gasteiger partial charge in [0.15, 0.2) is 19.8 Å². The zero-order valence-corrected chi connectivity index (χ0v) is 25.8. The Labute approximate surface area is 242 Å². The maximum atomic E-state index is 13.5. The van der Waals surface area contributed by atoms with Crippen molar-refractivity contribution in [2.24, 2.45) is 0 Å². The van der Waals surface area contributed by atoms with Crippen molar-refractivity contribution in [1.82, 2.24) is 19.4 Å². The fourth-order valence-electron chi connectivity index (χ4n) is 4.77. The topological polar surface area (TPSA) is 113 Å². The van der Waals surface area contributed by atoms with Crippen LogP contribution < -0.4 is 0 Å². The second kappa shape index (κ2) is 12.5. The van der Waals surface area contributed by atoms with E-state index in [-0.39, 0.29) is 42.2 Å². The number of ether oxygens (including phenoxy) is 2. The molecule has 3 heterocycles. The van der Waals surface area contributed by atoms with E-state index in [9.17, 15) is 14.4 Å². The third-order valence-corrected chi connectivity index (χ3v) is 12.6. The smallest absolute Gasteiger partial charge is 0.410 e. The van der Waals surface area contributed by atoms with Gasteiger partial charge >= 0.3 is 12.1 Å². The van der Waals surface area contributed by atoms with Crippen LogP contribution in [-0.4, -0.2) is 71.4 Å². The zero-order chi connectivity index (χ0) is 29.8. The minimum atomic E-state index is -2.19. The molecule has 10 nitrogen and oxygen atoms in total. The van der Waals surface area contributed by atoms with E-state index in [0.717, 1.165) is 18.4 Å². The maximum absolute atomic E-state index is 13.5. The molecule has 1 amide bonds. The number of rotatable bonds is 9. The molecule has 0 unspecified atom stereocenters. The van der Waals surface area contributed by atoms with E-state index in [2.05, 4.69) is 43.8 Å². The molecular formula is C30H40N4O6Si. The third kappa shape index (κ3) is 7.20. The van der Waals surface area contributed by atoms with Gasteiger partial charge in [-0.25, -0.2) is 19.6 Å². The SMILES string of the molecule is COC(=O)c1cc2ncn(CC(=O)C[C@@H]3[C@@H](O[Si](C)(C)C(C)(C)C)CCCN3C(=O)OCc3ccccc3)c2cn1. The second-order valence-electron chi connectivity index (χ2n) is 12.0. The van der Waals surface area contributed by atoms with Crippen molar-refractivity contribution in [3.63, 3.8) is 0 Å². The summed E-state index contributed by atoms with van der Waals surface area (Å²) in [5.41, 5.74) is 2.21. The molecule has 3 aromatic rings. The van der Waals surface area contributed by atoms with Gasteiger partial charge in [0.2, 0.25) is 0 Å². The molecule has 1 saturated heterocycles. The predicted molar refractivity (Wildman–Crippen MR) is 157 cm³/mol. The van der Waals surface area contributed by atoms with Gasteiger partial charge in [-0.15, -0.1) is 0 Å². The summed E-state index contributed by atoms with van der Waals surface area (Å²) in [5.74, 6) is -0.625. The van der Waals surface area contributed by atoms with E-state index in [1.54, 1.807) is 15.8 Å². The van der Waals surface area contributed by atoms with Crippen molar-refractivity contribution in [2.45, 2.75) is 83.5 Å². The van der Waals surface area contributed by atoms with Crippen LogP contribution in [0.2, 0.25) is 18.1 Å². The van der Waals surface area contributed by atoms with E-state index in [4.69, 9.17) is 13.9 Å². The van der Waals surface area contributed by atoms with Crippen LogP contribution in [0.15, 0.2) is 48.9 Å². The normalized spacial score (nSPS) is 17.9. The van der Waals surface area contributed by atoms with Gasteiger partial charge in [-0.05, 0) is 42.6 Å². The Morgan fingerprint density at radius 3 is 2.51 bits per heavy atom. The Morgan fingerprint density at radius 1 is 1.10 bits per heavy atom. The molecule has 2 aromatic heterocycles. The molecule has 11 heteroatoms. The number of nitrogens with zero attached hydrogens (tertiary/aromatic N) is 4. The highest BCUT2D eigenvalue weighted by Gasteiger charge is 2.44. The number of carbonyl (C=O) groups excluding carboxylic acids is 3. The number of benzene rings is 1. The number of likely N-dealkylation sites (tertiary alicyclic amines) is 1. The Bertz CT molecular complexity index is 1380. The molecule has 1 aliphatic heterocycles. The molecule has 220 valence electrons. The first kappa shape index (κ1) is 30.4. The number of aromatic nitrogens is 3. The molecule has 4 rings (SSSR count). The van der Waals surface area contributed by atoms with Gasteiger partial charge in [-0.3, -0.25) is 4.79 Å². The fraction of sp³-hybridized carbons (Fsp3) is 0.500. The number of carbonyl (C=O) groups is 3. The number of piperidine rings is 1. The van der Waals surface area contributed by atoms with Crippen LogP contribution in [-0.2, 0) is 31.8 Å². The molecule has 0 N–H and O–H groups in total. The van der Waals surface area contributed by atoms with Crippen LogP contribution in [0, 0.1) is 0 Å². The molecule has 0 spiro atoms. The number of Topliss-reactive ketones (excluding diaryl/α,β-unsaturated/α-hetero) is 1. The lowest BCUT2D eigenvalue weighted by atomic mass is 9.95. The van der Waals surface area contributed by atoms with Gasteiger partial charge in [0.05, 0.1) is 49.4 Å². The Morgan fingerprint density at radius 2 is 1.83 bits per heavy atom. The largest absolute Gasteiger partial charge is 0.464 e. The molecule has 0 saturated carbocycles. The van der Waals surface area contributed by atoms with Gasteiger partial charge < -0.3 is 23.4 Å². The minimum Gasteiger partial charge on any atom is -0.464 e. The van der Waals surface area contributed by atoms with E-state index in [0.29, 0.717) is 17.6 Å². The molecule has 0 aliphatic carbocycles. The standard InChI is InChI=1S/C30H40N4O6Si/c1-30(2,3)41(5,6)40-27-13-10-14-34(29(37)39-19-21-11-8-7-9-12-21)25(27)15-22(35)18-33-20-32-23-16-24(28(36)38-4)31-17-26(23)33/h7-9,11-12,16-17,20,25,27H,10,13-15,18-19H2,1-6H3/t25-,27+/m1/s1. The van der Waals surface area contributed by atoms with Gasteiger partial charge in [0.25, 0.3) is 0 Å². The van der Waals surface area contributed by atoms with Gasteiger partial charge in [0, 0.05) is 13.0 Å². The van der Waals surface area contributed by atoms with E-state index in [1.165, 1.54) is 19.4 Å². The van der Waals surface area contributed by atoms with Crippen molar-refractivity contribution < 1.29 is 28.3 Å². The summed E-state index contributed by atoms with van der Waals surface area (Å²) in [7, 11) is -0.898. The molecule has 41 heavy (non-hydrogen) atoms. The average Bonchev–Trinajstić information content (AvgIpc) is 3.33. The van der Waals surface area contributed by atoms with Crippen molar-refractivity contribution in [2.75, 3.05) is 13.7 Å². The lowest BCUT2D eigenvalue weighted by molar-refractivity contribution is -0.122. The minimum absolute atomic E-state index is 0.0244. The summed E-state index contributed by atoms with van der Waals surface area (Å²) < 4.78 is 19.0. The molecule has 0 bridgehead atoms. The van der Waals surface area contributed by atoms with Crippen LogP contribution >= 0.6 is 0 Å². The van der Waals surface area contributed by atoms with Crippen LogP contribution in [0.3, 0.4) is 0 Å². The number of pyridine rings is 1. The van der Waals surface area contributed by atoms with Crippen LogP contribution in [0.25, 0.3) is 11.0 Å². The van der Waals surface area contributed by atoms with Gasteiger partial charge in [-0.1, -0.05) is 51.1 Å². The molecule has 2 atom stereocenters. The molecule has 1 fully saturated rings. The van der Waals surface area contributed by atoms with Crippen molar-refractivity contribution >= 4 is 37.2 Å². The monoisotopic (exact) mass is 580 g/mol. The lowest BCUT2D eigenvalue weighted by Crippen LogP contribution is -2.56. The summed E-state index contributed by atoms with van der Waals surface area (Å²) in [6.45, 7) is 11.6. The molecule has 1 aromatic carbocycles. The van der Waals surface area contributed by atoms with E-state index in [1.807, 2.05) is 30.3 Å². The predicted octanol–water partition coefficient (Wildman–Crippen LogP) is 5.37. The number of esters is 1. The first-order chi connectivity index (χ1) is 19.4. The fourth-order valence-corrected chi connectivity index (χ4v) is 6.16. The number of methoxy groups -OCH3 is 1. The summed E-state index contributed by atoms with van der Waals surface area (Å²) >= 11 is 0. The number of amides is 1.